The van der Waals surface area contributed by atoms with Gasteiger partial charge in [0, 0.05) is 5.92 Å². The highest BCUT2D eigenvalue weighted by Crippen LogP contribution is 2.46. The fourth-order valence-corrected chi connectivity index (χ4v) is 1.97. The first kappa shape index (κ1) is 11.0. The number of hydrogen-bond donors (Lipinski definition) is 1. The Hall–Kier alpha value is -2.11. The van der Waals surface area contributed by atoms with E-state index in [9.17, 15) is 4.79 Å². The molecule has 94 valence electrons. The number of carbonyl (C=O) groups excluding carboxylic acids is 1. The molecule has 18 heavy (non-hydrogen) atoms. The van der Waals surface area contributed by atoms with Gasteiger partial charge in [0.15, 0.2) is 5.82 Å². The lowest BCUT2D eigenvalue weighted by Crippen LogP contribution is -2.07. The van der Waals surface area contributed by atoms with Crippen molar-refractivity contribution in [1.29, 1.82) is 0 Å². The van der Waals surface area contributed by atoms with Gasteiger partial charge in [-0.2, -0.15) is 5.10 Å². The van der Waals surface area contributed by atoms with Gasteiger partial charge in [-0.1, -0.05) is 0 Å². The Morgan fingerprint density at radius 1 is 1.67 bits per heavy atom. The summed E-state index contributed by atoms with van der Waals surface area (Å²) in [5.41, 5.74) is 0.825. The van der Waals surface area contributed by atoms with Gasteiger partial charge in [-0.05, 0) is 19.4 Å². The highest BCUT2D eigenvalue weighted by Gasteiger charge is 2.47. The number of ether oxygens (including phenoxy) is 1. The molecule has 0 spiro atoms. The smallest absolute Gasteiger partial charge is 0.309 e. The van der Waals surface area contributed by atoms with Crippen LogP contribution in [0.2, 0.25) is 0 Å². The van der Waals surface area contributed by atoms with Gasteiger partial charge in [0.25, 0.3) is 0 Å². The molecule has 2 aromatic heterocycles. The van der Waals surface area contributed by atoms with Crippen LogP contribution in [-0.2, 0) is 9.53 Å². The van der Waals surface area contributed by atoms with Gasteiger partial charge in [-0.15, -0.1) is 0 Å². The number of furan rings is 1. The molecule has 1 N–H and O–H groups in total. The molecule has 1 aliphatic carbocycles. The van der Waals surface area contributed by atoms with Crippen LogP contribution in [0, 0.1) is 5.92 Å². The Labute approximate surface area is 103 Å². The van der Waals surface area contributed by atoms with Crippen LogP contribution >= 0.6 is 0 Å². The third-order valence-electron chi connectivity index (χ3n) is 3.01. The first-order chi connectivity index (χ1) is 8.79. The first-order valence-corrected chi connectivity index (χ1v) is 5.91. The molecule has 0 amide bonds. The third kappa shape index (κ3) is 1.90. The van der Waals surface area contributed by atoms with Crippen molar-refractivity contribution in [3.05, 3.63) is 24.4 Å². The number of rotatable bonds is 4. The van der Waals surface area contributed by atoms with Crippen molar-refractivity contribution < 1.29 is 13.9 Å². The minimum Gasteiger partial charge on any atom is -0.472 e. The van der Waals surface area contributed by atoms with E-state index < -0.39 is 0 Å². The summed E-state index contributed by atoms with van der Waals surface area (Å²) in [4.78, 5) is 15.9. The molecule has 0 unspecified atom stereocenters. The van der Waals surface area contributed by atoms with Gasteiger partial charge >= 0.3 is 5.97 Å². The van der Waals surface area contributed by atoms with Gasteiger partial charge in [0.2, 0.25) is 0 Å². The Morgan fingerprint density at radius 3 is 3.28 bits per heavy atom. The van der Waals surface area contributed by atoms with Crippen molar-refractivity contribution in [2.24, 2.45) is 5.92 Å². The molecule has 1 saturated carbocycles. The van der Waals surface area contributed by atoms with E-state index in [0.717, 1.165) is 17.8 Å². The predicted octanol–water partition coefficient (Wildman–Crippen LogP) is 1.73. The number of esters is 1. The van der Waals surface area contributed by atoms with Gasteiger partial charge in [-0.3, -0.25) is 9.89 Å². The van der Waals surface area contributed by atoms with E-state index in [4.69, 9.17) is 9.15 Å². The molecule has 1 aliphatic rings. The molecule has 2 atom stereocenters. The maximum Gasteiger partial charge on any atom is 0.309 e. The summed E-state index contributed by atoms with van der Waals surface area (Å²) in [6.45, 7) is 2.22. The Bertz CT molecular complexity index is 547. The van der Waals surface area contributed by atoms with Gasteiger partial charge in [0.05, 0.1) is 24.4 Å². The third-order valence-corrected chi connectivity index (χ3v) is 3.01. The molecule has 2 heterocycles. The average molecular weight is 247 g/mol. The largest absolute Gasteiger partial charge is 0.472 e. The zero-order chi connectivity index (χ0) is 12.5. The van der Waals surface area contributed by atoms with Crippen LogP contribution < -0.4 is 0 Å². The zero-order valence-corrected chi connectivity index (χ0v) is 9.92. The Morgan fingerprint density at radius 2 is 2.56 bits per heavy atom. The van der Waals surface area contributed by atoms with Crippen molar-refractivity contribution in [2.75, 3.05) is 6.61 Å². The van der Waals surface area contributed by atoms with Crippen molar-refractivity contribution >= 4 is 5.97 Å². The number of aromatic nitrogens is 3. The minimum absolute atomic E-state index is 0.0740. The van der Waals surface area contributed by atoms with Crippen LogP contribution in [-0.4, -0.2) is 27.8 Å². The second-order valence-corrected chi connectivity index (χ2v) is 4.26. The summed E-state index contributed by atoms with van der Waals surface area (Å²) in [5.74, 6) is 1.22. The van der Waals surface area contributed by atoms with Crippen molar-refractivity contribution in [3.8, 4) is 11.4 Å². The molecule has 0 saturated heterocycles. The monoisotopic (exact) mass is 247 g/mol. The molecule has 0 aliphatic heterocycles. The van der Waals surface area contributed by atoms with E-state index in [2.05, 4.69) is 15.2 Å². The van der Waals surface area contributed by atoms with Crippen LogP contribution in [0.1, 0.15) is 25.1 Å². The highest BCUT2D eigenvalue weighted by molar-refractivity contribution is 5.77. The van der Waals surface area contributed by atoms with E-state index >= 15 is 0 Å². The SMILES string of the molecule is CCOC(=O)[C@@H]1C[C@H]1c1nc(-c2ccoc2)n[nH]1. The maximum atomic E-state index is 11.5. The fourth-order valence-electron chi connectivity index (χ4n) is 1.97. The quantitative estimate of drug-likeness (QED) is 0.832. The van der Waals surface area contributed by atoms with Crippen LogP contribution in [0.25, 0.3) is 11.4 Å². The summed E-state index contributed by atoms with van der Waals surface area (Å²) in [7, 11) is 0. The standard InChI is InChI=1S/C12H13N3O3/c1-2-18-12(16)9-5-8(9)11-13-10(14-15-11)7-3-4-17-6-7/h3-4,6,8-9H,2,5H2,1H3,(H,13,14,15)/t8-,9-/m1/s1. The number of nitrogens with one attached hydrogen (secondary N) is 1. The number of carbonyl (C=O) groups is 1. The predicted molar refractivity (Wildman–Crippen MR) is 61.6 cm³/mol. The van der Waals surface area contributed by atoms with Crippen molar-refractivity contribution in [2.45, 2.75) is 19.3 Å². The summed E-state index contributed by atoms with van der Waals surface area (Å²) in [5, 5.41) is 6.98. The number of aromatic amines is 1. The lowest BCUT2D eigenvalue weighted by Gasteiger charge is -1.98. The molecule has 3 rings (SSSR count). The molecule has 0 bridgehead atoms. The Balaban J connectivity index is 1.71. The van der Waals surface area contributed by atoms with Crippen LogP contribution in [0.15, 0.2) is 23.0 Å². The lowest BCUT2D eigenvalue weighted by molar-refractivity contribution is -0.144. The fraction of sp³-hybridized carbons (Fsp3) is 0.417. The molecule has 1 fully saturated rings. The molecular formula is C12H13N3O3. The summed E-state index contributed by atoms with van der Waals surface area (Å²) in [6.07, 6.45) is 3.94. The molecular weight excluding hydrogens is 234 g/mol. The number of H-pyrrole nitrogens is 1. The van der Waals surface area contributed by atoms with Gasteiger partial charge < -0.3 is 9.15 Å². The second kappa shape index (κ2) is 4.29. The second-order valence-electron chi connectivity index (χ2n) is 4.26. The molecule has 0 aromatic carbocycles. The van der Waals surface area contributed by atoms with E-state index in [1.165, 1.54) is 0 Å². The summed E-state index contributed by atoms with van der Waals surface area (Å²) >= 11 is 0. The first-order valence-electron chi connectivity index (χ1n) is 5.91. The number of hydrogen-bond acceptors (Lipinski definition) is 5. The van der Waals surface area contributed by atoms with E-state index in [1.807, 2.05) is 0 Å². The van der Waals surface area contributed by atoms with E-state index in [1.54, 1.807) is 25.5 Å². The topological polar surface area (TPSA) is 81.0 Å². The number of nitrogens with zero attached hydrogens (tertiary/aromatic N) is 2. The summed E-state index contributed by atoms with van der Waals surface area (Å²) in [6, 6.07) is 1.79. The molecule has 2 aromatic rings. The van der Waals surface area contributed by atoms with E-state index in [-0.39, 0.29) is 17.8 Å². The van der Waals surface area contributed by atoms with E-state index in [0.29, 0.717) is 12.4 Å². The minimum atomic E-state index is -0.149. The van der Waals surface area contributed by atoms with Crippen LogP contribution in [0.3, 0.4) is 0 Å². The average Bonchev–Trinajstić information content (AvgIpc) is 2.82. The lowest BCUT2D eigenvalue weighted by atomic mass is 10.3. The molecule has 0 radical (unpaired) electrons. The van der Waals surface area contributed by atoms with Crippen molar-refractivity contribution in [3.63, 3.8) is 0 Å². The Kier molecular flexibility index (Phi) is 2.62. The maximum absolute atomic E-state index is 11.5. The van der Waals surface area contributed by atoms with Crippen LogP contribution in [0.4, 0.5) is 0 Å². The van der Waals surface area contributed by atoms with Gasteiger partial charge in [-0.25, -0.2) is 4.98 Å². The molecule has 6 heteroatoms. The zero-order valence-electron chi connectivity index (χ0n) is 9.92. The normalized spacial score (nSPS) is 21.8. The molecule has 6 nitrogen and oxygen atoms in total. The summed E-state index contributed by atoms with van der Waals surface area (Å²) < 4.78 is 9.96. The van der Waals surface area contributed by atoms with Crippen molar-refractivity contribution in [1.82, 2.24) is 15.2 Å². The van der Waals surface area contributed by atoms with Gasteiger partial charge in [0.1, 0.15) is 12.1 Å². The van der Waals surface area contributed by atoms with Crippen LogP contribution in [0.5, 0.6) is 0 Å². The highest BCUT2D eigenvalue weighted by atomic mass is 16.5.